The minimum atomic E-state index is -0.823. The van der Waals surface area contributed by atoms with Crippen LogP contribution in [0.25, 0.3) is 5.69 Å². The monoisotopic (exact) mass is 366 g/mol. The molecule has 1 aromatic carbocycles. The molecular formula is C16H16ClFN4O3. The highest BCUT2D eigenvalue weighted by atomic mass is 35.5. The van der Waals surface area contributed by atoms with Crippen molar-refractivity contribution in [1.29, 1.82) is 0 Å². The van der Waals surface area contributed by atoms with Crippen LogP contribution in [0.4, 0.5) is 4.39 Å². The molecule has 0 aliphatic carbocycles. The molecule has 132 valence electrons. The lowest BCUT2D eigenvalue weighted by Crippen LogP contribution is -2.39. The van der Waals surface area contributed by atoms with E-state index < -0.39 is 11.8 Å². The molecule has 2 aromatic rings. The van der Waals surface area contributed by atoms with Gasteiger partial charge in [0.1, 0.15) is 5.69 Å². The fourth-order valence-corrected chi connectivity index (χ4v) is 3.07. The van der Waals surface area contributed by atoms with E-state index in [2.05, 4.69) is 10.3 Å². The minimum Gasteiger partial charge on any atom is -0.481 e. The van der Waals surface area contributed by atoms with Crippen LogP contribution in [0.3, 0.4) is 0 Å². The number of likely N-dealkylation sites (tertiary alicyclic amines) is 1. The van der Waals surface area contributed by atoms with Crippen LogP contribution in [0.1, 0.15) is 29.8 Å². The molecule has 1 aliphatic heterocycles. The van der Waals surface area contributed by atoms with Crippen molar-refractivity contribution in [3.8, 4) is 5.69 Å². The van der Waals surface area contributed by atoms with E-state index in [1.54, 1.807) is 11.0 Å². The first kappa shape index (κ1) is 17.3. The van der Waals surface area contributed by atoms with E-state index in [0.29, 0.717) is 25.9 Å². The van der Waals surface area contributed by atoms with Crippen molar-refractivity contribution < 1.29 is 19.1 Å². The van der Waals surface area contributed by atoms with Gasteiger partial charge in [-0.25, -0.2) is 9.07 Å². The zero-order chi connectivity index (χ0) is 18.0. The number of piperidine rings is 1. The van der Waals surface area contributed by atoms with Gasteiger partial charge in [0.15, 0.2) is 11.5 Å². The highest BCUT2D eigenvalue weighted by Gasteiger charge is 2.26. The minimum absolute atomic E-state index is 0.0404. The largest absolute Gasteiger partial charge is 0.481 e. The molecular weight excluding hydrogens is 351 g/mol. The summed E-state index contributed by atoms with van der Waals surface area (Å²) in [6, 6.07) is 4.49. The van der Waals surface area contributed by atoms with Gasteiger partial charge in [-0.3, -0.25) is 9.59 Å². The molecule has 0 radical (unpaired) electrons. The molecule has 25 heavy (non-hydrogen) atoms. The van der Waals surface area contributed by atoms with Crippen LogP contribution in [-0.2, 0) is 4.79 Å². The summed E-state index contributed by atoms with van der Waals surface area (Å²) in [4.78, 5) is 24.9. The first-order chi connectivity index (χ1) is 12.0. The van der Waals surface area contributed by atoms with Gasteiger partial charge in [0, 0.05) is 19.5 Å². The number of carboxylic acids is 1. The van der Waals surface area contributed by atoms with Crippen molar-refractivity contribution in [3.05, 3.63) is 40.9 Å². The number of hydrogen-bond acceptors (Lipinski definition) is 4. The number of halogens is 2. The number of nitrogens with zero attached hydrogens (tertiary/aromatic N) is 4. The Balaban J connectivity index is 1.69. The zero-order valence-electron chi connectivity index (χ0n) is 13.2. The standard InChI is InChI=1S/C16H16ClFN4O3/c17-11-2-1-3-13(15(11)18)22-9-12(19-20-22)16(25)21-6-4-10(5-7-21)8-14(23)24/h1-3,9-10H,4-8H2,(H,23,24). The van der Waals surface area contributed by atoms with Crippen LogP contribution in [0.15, 0.2) is 24.4 Å². The number of carbonyl (C=O) groups is 2. The number of aliphatic carboxylic acids is 1. The third-order valence-electron chi connectivity index (χ3n) is 4.26. The Hall–Kier alpha value is -2.48. The molecule has 1 saturated heterocycles. The second-order valence-corrected chi connectivity index (χ2v) is 6.36. The quantitative estimate of drug-likeness (QED) is 0.897. The predicted octanol–water partition coefficient (Wildman–Crippen LogP) is 2.39. The maximum atomic E-state index is 14.0. The Morgan fingerprint density at radius 1 is 1.32 bits per heavy atom. The summed E-state index contributed by atoms with van der Waals surface area (Å²) >= 11 is 5.75. The number of rotatable bonds is 4. The van der Waals surface area contributed by atoms with Gasteiger partial charge in [-0.2, -0.15) is 0 Å². The van der Waals surface area contributed by atoms with Crippen LogP contribution in [-0.4, -0.2) is 50.0 Å². The Morgan fingerprint density at radius 2 is 2.04 bits per heavy atom. The molecule has 1 aromatic heterocycles. The number of benzene rings is 1. The second-order valence-electron chi connectivity index (χ2n) is 5.95. The van der Waals surface area contributed by atoms with E-state index in [4.69, 9.17) is 16.7 Å². The van der Waals surface area contributed by atoms with E-state index in [0.717, 1.165) is 0 Å². The number of hydrogen-bond donors (Lipinski definition) is 1. The average molecular weight is 367 g/mol. The van der Waals surface area contributed by atoms with Gasteiger partial charge < -0.3 is 10.0 Å². The summed E-state index contributed by atoms with van der Waals surface area (Å²) in [6.07, 6.45) is 2.75. The van der Waals surface area contributed by atoms with Gasteiger partial charge in [-0.1, -0.05) is 22.9 Å². The molecule has 1 amide bonds. The van der Waals surface area contributed by atoms with Crippen LogP contribution >= 0.6 is 11.6 Å². The molecule has 7 nitrogen and oxygen atoms in total. The predicted molar refractivity (Wildman–Crippen MR) is 87.2 cm³/mol. The average Bonchev–Trinajstić information content (AvgIpc) is 3.06. The SMILES string of the molecule is O=C(O)CC1CCN(C(=O)c2cn(-c3cccc(Cl)c3F)nn2)CC1. The normalized spacial score (nSPS) is 15.4. The number of carboxylic acid groups (broad SMARTS) is 1. The Labute approximate surface area is 148 Å². The summed E-state index contributed by atoms with van der Waals surface area (Å²) in [5.41, 5.74) is 0.218. The molecule has 0 unspecified atom stereocenters. The van der Waals surface area contributed by atoms with Crippen LogP contribution in [0, 0.1) is 11.7 Å². The van der Waals surface area contributed by atoms with Crippen molar-refractivity contribution in [2.75, 3.05) is 13.1 Å². The van der Waals surface area contributed by atoms with Gasteiger partial charge in [-0.15, -0.1) is 5.10 Å². The zero-order valence-corrected chi connectivity index (χ0v) is 14.0. The highest BCUT2D eigenvalue weighted by Crippen LogP contribution is 2.23. The smallest absolute Gasteiger partial charge is 0.303 e. The summed E-state index contributed by atoms with van der Waals surface area (Å²) in [5.74, 6) is -1.68. The first-order valence-electron chi connectivity index (χ1n) is 7.83. The maximum absolute atomic E-state index is 14.0. The topological polar surface area (TPSA) is 88.3 Å². The first-order valence-corrected chi connectivity index (χ1v) is 8.21. The van der Waals surface area contributed by atoms with Gasteiger partial charge in [0.25, 0.3) is 5.91 Å². The Kier molecular flexibility index (Phi) is 4.98. The molecule has 3 rings (SSSR count). The molecule has 0 saturated carbocycles. The van der Waals surface area contributed by atoms with Crippen molar-refractivity contribution in [2.45, 2.75) is 19.3 Å². The molecule has 1 aliphatic rings. The molecule has 0 spiro atoms. The Bertz CT molecular complexity index is 802. The van der Waals surface area contributed by atoms with Crippen LogP contribution < -0.4 is 0 Å². The molecule has 1 fully saturated rings. The number of aromatic nitrogens is 3. The van der Waals surface area contributed by atoms with Gasteiger partial charge in [-0.05, 0) is 30.9 Å². The molecule has 2 heterocycles. The van der Waals surface area contributed by atoms with Gasteiger partial charge >= 0.3 is 5.97 Å². The van der Waals surface area contributed by atoms with E-state index in [1.807, 2.05) is 0 Å². The molecule has 0 bridgehead atoms. The number of carbonyl (C=O) groups excluding carboxylic acids is 1. The summed E-state index contributed by atoms with van der Waals surface area (Å²) < 4.78 is 15.2. The molecule has 1 N–H and O–H groups in total. The Morgan fingerprint density at radius 3 is 2.72 bits per heavy atom. The fraction of sp³-hybridized carbons (Fsp3) is 0.375. The van der Waals surface area contributed by atoms with E-state index in [9.17, 15) is 14.0 Å². The van der Waals surface area contributed by atoms with E-state index >= 15 is 0 Å². The lowest BCUT2D eigenvalue weighted by molar-refractivity contribution is -0.138. The third-order valence-corrected chi connectivity index (χ3v) is 4.55. The van der Waals surface area contributed by atoms with Crippen LogP contribution in [0.2, 0.25) is 5.02 Å². The number of amides is 1. The van der Waals surface area contributed by atoms with Crippen molar-refractivity contribution in [1.82, 2.24) is 19.9 Å². The summed E-state index contributed by atoms with van der Waals surface area (Å²) in [7, 11) is 0. The second kappa shape index (κ2) is 7.18. The van der Waals surface area contributed by atoms with E-state index in [-0.39, 0.29) is 34.6 Å². The van der Waals surface area contributed by atoms with Gasteiger partial charge in [0.2, 0.25) is 0 Å². The third kappa shape index (κ3) is 3.79. The maximum Gasteiger partial charge on any atom is 0.303 e. The van der Waals surface area contributed by atoms with Crippen molar-refractivity contribution >= 4 is 23.5 Å². The van der Waals surface area contributed by atoms with Crippen molar-refractivity contribution in [3.63, 3.8) is 0 Å². The molecule has 0 atom stereocenters. The van der Waals surface area contributed by atoms with E-state index in [1.165, 1.54) is 23.0 Å². The van der Waals surface area contributed by atoms with Crippen molar-refractivity contribution in [2.24, 2.45) is 5.92 Å². The summed E-state index contributed by atoms with van der Waals surface area (Å²) in [5, 5.41) is 16.4. The lowest BCUT2D eigenvalue weighted by Gasteiger charge is -2.30. The highest BCUT2D eigenvalue weighted by molar-refractivity contribution is 6.30. The lowest BCUT2D eigenvalue weighted by atomic mass is 9.93. The van der Waals surface area contributed by atoms with Crippen LogP contribution in [0.5, 0.6) is 0 Å². The fourth-order valence-electron chi connectivity index (χ4n) is 2.90. The molecule has 9 heteroatoms. The summed E-state index contributed by atoms with van der Waals surface area (Å²) in [6.45, 7) is 0.935. The van der Waals surface area contributed by atoms with Gasteiger partial charge in [0.05, 0.1) is 11.2 Å².